The molecule has 7 nitrogen and oxygen atoms in total. The van der Waals surface area contributed by atoms with Gasteiger partial charge in [0.05, 0.1) is 13.2 Å². The van der Waals surface area contributed by atoms with Gasteiger partial charge in [0.25, 0.3) is 0 Å². The molecule has 7 heteroatoms. The first-order valence-electron chi connectivity index (χ1n) is 5.36. The summed E-state index contributed by atoms with van der Waals surface area (Å²) in [4.78, 5) is 20.6. The van der Waals surface area contributed by atoms with E-state index in [4.69, 9.17) is 16.2 Å². The third-order valence-corrected chi connectivity index (χ3v) is 2.14. The zero-order chi connectivity index (χ0) is 12.8. The van der Waals surface area contributed by atoms with Crippen molar-refractivity contribution in [1.82, 2.24) is 9.97 Å². The van der Waals surface area contributed by atoms with Gasteiger partial charge in [-0.2, -0.15) is 4.98 Å². The number of nitrogen functional groups attached to an aromatic ring is 1. The van der Waals surface area contributed by atoms with Crippen LogP contribution in [0.4, 0.5) is 11.5 Å². The minimum absolute atomic E-state index is 0.0588. The van der Waals surface area contributed by atoms with E-state index in [0.717, 1.165) is 0 Å². The number of primary amides is 1. The minimum atomic E-state index is -0.442. The molecule has 1 aromatic rings. The molecule has 0 bridgehead atoms. The van der Waals surface area contributed by atoms with Crippen LogP contribution in [0, 0.1) is 0 Å². The first-order valence-corrected chi connectivity index (χ1v) is 5.36. The monoisotopic (exact) mass is 239 g/mol. The zero-order valence-corrected chi connectivity index (χ0v) is 10.0. The number of ether oxygens (including phenoxy) is 1. The molecule has 0 saturated carbocycles. The predicted molar refractivity (Wildman–Crippen MR) is 64.7 cm³/mol. The van der Waals surface area contributed by atoms with Gasteiger partial charge in [-0.1, -0.05) is 0 Å². The van der Waals surface area contributed by atoms with E-state index in [1.165, 1.54) is 6.33 Å². The van der Waals surface area contributed by atoms with Gasteiger partial charge in [0.15, 0.2) is 5.82 Å². The van der Waals surface area contributed by atoms with Gasteiger partial charge in [-0.3, -0.25) is 4.79 Å². The largest absolute Gasteiger partial charge is 0.476 e. The highest BCUT2D eigenvalue weighted by Crippen LogP contribution is 2.27. The van der Waals surface area contributed by atoms with E-state index in [2.05, 4.69) is 9.97 Å². The normalized spacial score (nSPS) is 10.0. The van der Waals surface area contributed by atoms with Crippen molar-refractivity contribution < 1.29 is 9.53 Å². The second-order valence-electron chi connectivity index (χ2n) is 3.33. The van der Waals surface area contributed by atoms with E-state index in [1.807, 2.05) is 13.8 Å². The van der Waals surface area contributed by atoms with Gasteiger partial charge in [-0.25, -0.2) is 4.98 Å². The maximum absolute atomic E-state index is 10.9. The SMILES string of the molecule is CCOc1ncnc(N(CC)CC(N)=O)c1N. The van der Waals surface area contributed by atoms with Crippen LogP contribution in [0.5, 0.6) is 5.88 Å². The fraction of sp³-hybridized carbons (Fsp3) is 0.500. The Balaban J connectivity index is 3.02. The van der Waals surface area contributed by atoms with Gasteiger partial charge in [-0.15, -0.1) is 0 Å². The molecule has 0 aliphatic rings. The lowest BCUT2D eigenvalue weighted by Gasteiger charge is -2.21. The number of carbonyl (C=O) groups excluding carboxylic acids is 1. The van der Waals surface area contributed by atoms with Crippen LogP contribution in [0.1, 0.15) is 13.8 Å². The topological polar surface area (TPSA) is 107 Å². The van der Waals surface area contributed by atoms with Gasteiger partial charge < -0.3 is 21.1 Å². The van der Waals surface area contributed by atoms with Gasteiger partial charge in [0.1, 0.15) is 12.0 Å². The van der Waals surface area contributed by atoms with E-state index in [-0.39, 0.29) is 6.54 Å². The maximum atomic E-state index is 10.9. The van der Waals surface area contributed by atoms with Crippen molar-refractivity contribution in [3.8, 4) is 5.88 Å². The second-order valence-corrected chi connectivity index (χ2v) is 3.33. The van der Waals surface area contributed by atoms with Crippen LogP contribution in [0.25, 0.3) is 0 Å². The summed E-state index contributed by atoms with van der Waals surface area (Å²) in [5.41, 5.74) is 11.4. The second kappa shape index (κ2) is 5.88. The number of anilines is 2. The van der Waals surface area contributed by atoms with Crippen LogP contribution in [0.2, 0.25) is 0 Å². The highest BCUT2D eigenvalue weighted by molar-refractivity contribution is 5.81. The van der Waals surface area contributed by atoms with Crippen LogP contribution >= 0.6 is 0 Å². The molecule has 0 radical (unpaired) electrons. The Morgan fingerprint density at radius 1 is 1.47 bits per heavy atom. The maximum Gasteiger partial charge on any atom is 0.242 e. The molecule has 4 N–H and O–H groups in total. The number of carbonyl (C=O) groups is 1. The molecule has 0 spiro atoms. The summed E-state index contributed by atoms with van der Waals surface area (Å²) in [6.07, 6.45) is 1.35. The Labute approximate surface area is 99.8 Å². The van der Waals surface area contributed by atoms with Crippen molar-refractivity contribution in [2.45, 2.75) is 13.8 Å². The van der Waals surface area contributed by atoms with Gasteiger partial charge in [-0.05, 0) is 13.8 Å². The minimum Gasteiger partial charge on any atom is -0.476 e. The Bertz CT molecular complexity index is 396. The van der Waals surface area contributed by atoms with Crippen molar-refractivity contribution >= 4 is 17.4 Å². The predicted octanol–water partition coefficient (Wildman–Crippen LogP) is -0.231. The first kappa shape index (κ1) is 13.0. The van der Waals surface area contributed by atoms with Gasteiger partial charge in [0.2, 0.25) is 11.8 Å². The first-order chi connectivity index (χ1) is 8.10. The average Bonchev–Trinajstić information content (AvgIpc) is 2.29. The van der Waals surface area contributed by atoms with Crippen molar-refractivity contribution in [3.05, 3.63) is 6.33 Å². The lowest BCUT2D eigenvalue weighted by molar-refractivity contribution is -0.116. The van der Waals surface area contributed by atoms with E-state index in [1.54, 1.807) is 4.90 Å². The number of nitrogens with zero attached hydrogens (tertiary/aromatic N) is 3. The highest BCUT2D eigenvalue weighted by Gasteiger charge is 2.16. The fourth-order valence-electron chi connectivity index (χ4n) is 1.40. The Morgan fingerprint density at radius 3 is 2.71 bits per heavy atom. The lowest BCUT2D eigenvalue weighted by atomic mass is 10.4. The molecular formula is C10H17N5O2. The van der Waals surface area contributed by atoms with Gasteiger partial charge >= 0.3 is 0 Å². The Kier molecular flexibility index (Phi) is 4.50. The van der Waals surface area contributed by atoms with Crippen LogP contribution in [0.3, 0.4) is 0 Å². The van der Waals surface area contributed by atoms with E-state index in [9.17, 15) is 4.79 Å². The molecule has 94 valence electrons. The number of likely N-dealkylation sites (N-methyl/N-ethyl adjacent to an activating group) is 1. The fourth-order valence-corrected chi connectivity index (χ4v) is 1.40. The molecule has 0 unspecified atom stereocenters. The standard InChI is InChI=1S/C10H17N5O2/c1-3-15(5-7(11)16)9-8(12)10(17-4-2)14-6-13-9/h6H,3-5,12H2,1-2H3,(H2,11,16). The number of hydrogen-bond acceptors (Lipinski definition) is 6. The molecule has 0 saturated heterocycles. The molecule has 1 amide bonds. The molecule has 1 heterocycles. The van der Waals surface area contributed by atoms with Crippen molar-refractivity contribution in [2.75, 3.05) is 30.3 Å². The molecule has 1 aromatic heterocycles. The lowest BCUT2D eigenvalue weighted by Crippen LogP contribution is -2.34. The highest BCUT2D eigenvalue weighted by atomic mass is 16.5. The zero-order valence-electron chi connectivity index (χ0n) is 10.0. The van der Waals surface area contributed by atoms with Gasteiger partial charge in [0, 0.05) is 6.54 Å². The van der Waals surface area contributed by atoms with E-state index in [0.29, 0.717) is 30.5 Å². The quantitative estimate of drug-likeness (QED) is 0.710. The summed E-state index contributed by atoms with van der Waals surface area (Å²) in [5, 5.41) is 0. The molecule has 0 atom stereocenters. The molecule has 0 aliphatic heterocycles. The Morgan fingerprint density at radius 2 is 2.18 bits per heavy atom. The van der Waals surface area contributed by atoms with Crippen molar-refractivity contribution in [3.63, 3.8) is 0 Å². The van der Waals surface area contributed by atoms with E-state index < -0.39 is 5.91 Å². The third-order valence-electron chi connectivity index (χ3n) is 2.14. The molecular weight excluding hydrogens is 222 g/mol. The van der Waals surface area contributed by atoms with E-state index >= 15 is 0 Å². The van der Waals surface area contributed by atoms with Crippen molar-refractivity contribution in [1.29, 1.82) is 0 Å². The number of aromatic nitrogens is 2. The summed E-state index contributed by atoms with van der Waals surface area (Å²) in [5.74, 6) is 0.341. The third kappa shape index (κ3) is 3.20. The summed E-state index contributed by atoms with van der Waals surface area (Å²) in [6.45, 7) is 4.80. The van der Waals surface area contributed by atoms with Crippen LogP contribution in [0.15, 0.2) is 6.33 Å². The average molecular weight is 239 g/mol. The van der Waals surface area contributed by atoms with Crippen LogP contribution in [-0.2, 0) is 4.79 Å². The number of rotatable bonds is 6. The molecule has 0 aliphatic carbocycles. The smallest absolute Gasteiger partial charge is 0.242 e. The van der Waals surface area contributed by atoms with Crippen LogP contribution in [-0.4, -0.2) is 35.6 Å². The number of hydrogen-bond donors (Lipinski definition) is 2. The summed E-state index contributed by atoms with van der Waals surface area (Å²) >= 11 is 0. The van der Waals surface area contributed by atoms with Crippen molar-refractivity contribution in [2.24, 2.45) is 5.73 Å². The summed E-state index contributed by atoms with van der Waals surface area (Å²) in [7, 11) is 0. The molecule has 0 fully saturated rings. The summed E-state index contributed by atoms with van der Waals surface area (Å²) in [6, 6.07) is 0. The molecule has 1 rings (SSSR count). The Hall–Kier alpha value is -2.05. The molecule has 0 aromatic carbocycles. The summed E-state index contributed by atoms with van der Waals surface area (Å²) < 4.78 is 5.26. The number of nitrogens with two attached hydrogens (primary N) is 2. The van der Waals surface area contributed by atoms with Crippen LogP contribution < -0.4 is 21.1 Å². The molecule has 17 heavy (non-hydrogen) atoms. The number of amides is 1.